The number of carboxylic acids is 2. The number of hydrogen-bond acceptors (Lipinski definition) is 11. The van der Waals surface area contributed by atoms with Gasteiger partial charge in [-0.3, -0.25) is 33.6 Å². The Morgan fingerprint density at radius 2 is 1.38 bits per heavy atom. The molecule has 3 aromatic rings. The lowest BCUT2D eigenvalue weighted by Gasteiger charge is -2.32. The molecule has 4 rings (SSSR count). The maximum atomic E-state index is 14.4. The summed E-state index contributed by atoms with van der Waals surface area (Å²) < 4.78 is 0. The minimum absolute atomic E-state index is 0.00529. The summed E-state index contributed by atoms with van der Waals surface area (Å²) in [5.41, 5.74) is 7.26. The van der Waals surface area contributed by atoms with Crippen LogP contribution in [0.15, 0.2) is 67.1 Å². The van der Waals surface area contributed by atoms with Gasteiger partial charge in [-0.15, -0.1) is 0 Å². The van der Waals surface area contributed by atoms with Crippen LogP contribution in [-0.2, 0) is 57.6 Å². The van der Waals surface area contributed by atoms with Crippen molar-refractivity contribution in [3.63, 3.8) is 0 Å². The number of H-pyrrole nitrogens is 1. The van der Waals surface area contributed by atoms with E-state index in [1.165, 1.54) is 29.6 Å². The fourth-order valence-electron chi connectivity index (χ4n) is 6.96. The number of carbonyl (C=O) groups excluding carboxylic acids is 6. The van der Waals surface area contributed by atoms with Crippen LogP contribution in [0.2, 0.25) is 0 Å². The van der Waals surface area contributed by atoms with Gasteiger partial charge >= 0.3 is 5.97 Å². The highest BCUT2D eigenvalue weighted by molar-refractivity contribution is 5.97. The molecule has 20 heteroatoms. The number of carbonyl (C=O) groups is 8. The molecule has 1 aliphatic heterocycles. The van der Waals surface area contributed by atoms with Gasteiger partial charge in [0.1, 0.15) is 42.0 Å². The molecular formula is C44H61N9O11. The first-order valence-electron chi connectivity index (χ1n) is 21.1. The van der Waals surface area contributed by atoms with Crippen LogP contribution in [0.4, 0.5) is 0 Å². The van der Waals surface area contributed by atoms with E-state index in [-0.39, 0.29) is 50.4 Å². The Bertz CT molecular complexity index is 2030. The molecule has 2 aromatic carbocycles. The molecule has 1 aromatic heterocycles. The molecule has 11 N–H and O–H groups in total. The number of likely N-dealkylation sites (tertiary alicyclic amines) is 1. The van der Waals surface area contributed by atoms with Crippen LogP contribution in [0.1, 0.15) is 70.7 Å². The fraction of sp³-hybridized carbons (Fsp3) is 0.477. The SMILES string of the molecule is CC(=O)O.CCC(C)C(NC(=O)C(Cc1ccc(O)cc1)NC(=O)C(NC(=O)CN)C(C)C)C(=O)NC(Cc1cnc[nH]1)C(=O)N1CCCC1C(=O)NC(Cc1ccccc1)C(=O)O. The lowest BCUT2D eigenvalue weighted by molar-refractivity contribution is -0.145. The number of carboxylic acid groups (broad SMARTS) is 2. The first kappa shape index (κ1) is 51.5. The van der Waals surface area contributed by atoms with Crippen molar-refractivity contribution in [2.24, 2.45) is 17.6 Å². The summed E-state index contributed by atoms with van der Waals surface area (Å²) in [6, 6.07) is 7.89. The molecule has 348 valence electrons. The molecule has 1 saturated heterocycles. The third-order valence-corrected chi connectivity index (χ3v) is 10.6. The molecule has 64 heavy (non-hydrogen) atoms. The van der Waals surface area contributed by atoms with E-state index in [9.17, 15) is 43.8 Å². The lowest BCUT2D eigenvalue weighted by Crippen LogP contribution is -2.61. The van der Waals surface area contributed by atoms with Crippen molar-refractivity contribution < 1.29 is 53.7 Å². The van der Waals surface area contributed by atoms with Crippen LogP contribution in [0.3, 0.4) is 0 Å². The molecule has 0 radical (unpaired) electrons. The minimum Gasteiger partial charge on any atom is -0.508 e. The van der Waals surface area contributed by atoms with E-state index < -0.39 is 89.6 Å². The second-order valence-electron chi connectivity index (χ2n) is 15.9. The highest BCUT2D eigenvalue weighted by Crippen LogP contribution is 2.21. The van der Waals surface area contributed by atoms with Gasteiger partial charge in [-0.2, -0.15) is 0 Å². The number of aromatic nitrogens is 2. The molecule has 0 saturated carbocycles. The smallest absolute Gasteiger partial charge is 0.326 e. The molecule has 20 nitrogen and oxygen atoms in total. The standard InChI is InChI=1S/C42H57N9O9.C2H4O2/c1-5-25(4)36(50-37(54)30(18-27-13-15-29(52)16-14-27)46-39(56)35(24(2)3)49-34(53)21-43)40(57)47-31(20-28-22-44-23-45-28)41(58)51-17-9-12-33(51)38(55)48-32(42(59)60)19-26-10-7-6-8-11-26;1-2(3)4/h6-8,10-11,13-16,22-25,30-33,35-36,52H,5,9,12,17-21,43H2,1-4H3,(H,44,45)(H,46,56)(H,47,57)(H,48,55)(H,49,53)(H,50,54)(H,59,60);1H3,(H,3,4). The van der Waals surface area contributed by atoms with E-state index in [0.717, 1.165) is 6.92 Å². The highest BCUT2D eigenvalue weighted by Gasteiger charge is 2.40. The molecule has 2 heterocycles. The minimum atomic E-state index is -1.25. The quantitative estimate of drug-likeness (QED) is 0.0693. The van der Waals surface area contributed by atoms with Gasteiger partial charge in [0.25, 0.3) is 5.97 Å². The van der Waals surface area contributed by atoms with E-state index in [0.29, 0.717) is 29.7 Å². The largest absolute Gasteiger partial charge is 0.508 e. The summed E-state index contributed by atoms with van der Waals surface area (Å²) in [5.74, 6) is -6.78. The number of rotatable bonds is 21. The maximum Gasteiger partial charge on any atom is 0.326 e. The van der Waals surface area contributed by atoms with E-state index in [1.54, 1.807) is 63.2 Å². The number of aromatic hydroxyl groups is 1. The summed E-state index contributed by atoms with van der Waals surface area (Å²) in [6.45, 7) is 7.91. The average molecular weight is 892 g/mol. The van der Waals surface area contributed by atoms with Crippen LogP contribution >= 0.6 is 0 Å². The highest BCUT2D eigenvalue weighted by atomic mass is 16.4. The first-order valence-corrected chi connectivity index (χ1v) is 21.1. The maximum absolute atomic E-state index is 14.4. The van der Waals surface area contributed by atoms with Crippen LogP contribution in [0.25, 0.3) is 0 Å². The third-order valence-electron chi connectivity index (χ3n) is 10.6. The number of hydrogen-bond donors (Lipinski definition) is 10. The van der Waals surface area contributed by atoms with Gasteiger partial charge in [-0.25, -0.2) is 9.78 Å². The van der Waals surface area contributed by atoms with E-state index >= 15 is 0 Å². The Labute approximate surface area is 371 Å². The van der Waals surface area contributed by atoms with Gasteiger partial charge in [0.2, 0.25) is 35.4 Å². The zero-order valence-electron chi connectivity index (χ0n) is 36.7. The molecule has 7 unspecified atom stereocenters. The summed E-state index contributed by atoms with van der Waals surface area (Å²) in [5, 5.41) is 40.7. The summed E-state index contributed by atoms with van der Waals surface area (Å²) in [4.78, 5) is 112. The number of nitrogens with two attached hydrogens (primary N) is 1. The van der Waals surface area contributed by atoms with Gasteiger partial charge in [0.05, 0.1) is 12.9 Å². The van der Waals surface area contributed by atoms with Crippen LogP contribution < -0.4 is 32.3 Å². The monoisotopic (exact) mass is 891 g/mol. The average Bonchev–Trinajstić information content (AvgIpc) is 3.97. The van der Waals surface area contributed by atoms with Crippen molar-refractivity contribution in [3.8, 4) is 5.75 Å². The summed E-state index contributed by atoms with van der Waals surface area (Å²) in [7, 11) is 0. The Balaban J connectivity index is 0.00000261. The Kier molecular flexibility index (Phi) is 20.4. The van der Waals surface area contributed by atoms with Gasteiger partial charge < -0.3 is 57.5 Å². The van der Waals surface area contributed by atoms with Gasteiger partial charge in [0, 0.05) is 44.6 Å². The molecule has 1 fully saturated rings. The molecule has 6 amide bonds. The number of nitrogens with zero attached hydrogens (tertiary/aromatic N) is 2. The van der Waals surface area contributed by atoms with Crippen molar-refractivity contribution in [2.45, 2.75) is 109 Å². The Hall–Kier alpha value is -6.83. The number of imidazole rings is 1. The van der Waals surface area contributed by atoms with Gasteiger partial charge in [0.15, 0.2) is 0 Å². The van der Waals surface area contributed by atoms with Gasteiger partial charge in [-0.1, -0.05) is 76.6 Å². The predicted octanol–water partition coefficient (Wildman–Crippen LogP) is 0.395. The Morgan fingerprint density at radius 1 is 0.781 bits per heavy atom. The number of aliphatic carboxylic acids is 2. The molecule has 0 spiro atoms. The van der Waals surface area contributed by atoms with E-state index in [1.807, 2.05) is 6.92 Å². The van der Waals surface area contributed by atoms with E-state index in [2.05, 4.69) is 36.6 Å². The topological polar surface area (TPSA) is 315 Å². The van der Waals surface area contributed by atoms with Crippen molar-refractivity contribution in [1.29, 1.82) is 0 Å². The van der Waals surface area contributed by atoms with Gasteiger partial charge in [-0.05, 0) is 47.9 Å². The molecule has 0 aliphatic carbocycles. The van der Waals surface area contributed by atoms with Crippen molar-refractivity contribution in [3.05, 3.63) is 83.9 Å². The molecule has 7 atom stereocenters. The zero-order chi connectivity index (χ0) is 47.5. The van der Waals surface area contributed by atoms with Crippen molar-refractivity contribution in [1.82, 2.24) is 41.5 Å². The van der Waals surface area contributed by atoms with Crippen LogP contribution in [0.5, 0.6) is 5.75 Å². The van der Waals surface area contributed by atoms with E-state index in [4.69, 9.17) is 15.6 Å². The van der Waals surface area contributed by atoms with Crippen LogP contribution in [0, 0.1) is 11.8 Å². The van der Waals surface area contributed by atoms with Crippen molar-refractivity contribution in [2.75, 3.05) is 13.1 Å². The van der Waals surface area contributed by atoms with Crippen molar-refractivity contribution >= 4 is 47.4 Å². The number of nitrogens with one attached hydrogen (secondary N) is 6. The zero-order valence-corrected chi connectivity index (χ0v) is 36.7. The molecular weight excluding hydrogens is 831 g/mol. The molecule has 1 aliphatic rings. The summed E-state index contributed by atoms with van der Waals surface area (Å²) >= 11 is 0. The number of phenols is 1. The fourth-order valence-corrected chi connectivity index (χ4v) is 6.96. The Morgan fingerprint density at radius 3 is 1.94 bits per heavy atom. The first-order chi connectivity index (χ1) is 30.3. The second-order valence-corrected chi connectivity index (χ2v) is 15.9. The number of aromatic amines is 1. The van der Waals surface area contributed by atoms with Crippen LogP contribution in [-0.4, -0.2) is 127 Å². The lowest BCUT2D eigenvalue weighted by atomic mass is 9.96. The number of phenolic OH excluding ortho intramolecular Hbond substituents is 1. The molecule has 0 bridgehead atoms. The summed E-state index contributed by atoms with van der Waals surface area (Å²) in [6.07, 6.45) is 4.00. The second kappa shape index (κ2) is 25.3. The number of amides is 6. The normalized spacial score (nSPS) is 16.0. The number of benzene rings is 2. The third kappa shape index (κ3) is 16.1. The predicted molar refractivity (Wildman–Crippen MR) is 233 cm³/mol.